The maximum atomic E-state index is 14.1. The number of aromatic nitrogens is 3. The minimum absolute atomic E-state index is 0. The van der Waals surface area contributed by atoms with Crippen LogP contribution in [0.3, 0.4) is 0 Å². The summed E-state index contributed by atoms with van der Waals surface area (Å²) in [6.45, 7) is 3.59. The van der Waals surface area contributed by atoms with Crippen molar-refractivity contribution >= 4 is 17.3 Å². The Hall–Kier alpha value is -3.00. The molecule has 0 spiro atoms. The van der Waals surface area contributed by atoms with Crippen LogP contribution in [0.5, 0.6) is 0 Å². The molecule has 0 aliphatic carbocycles. The van der Waals surface area contributed by atoms with E-state index in [0.717, 1.165) is 31.9 Å². The van der Waals surface area contributed by atoms with Crippen LogP contribution < -0.4 is 10.2 Å². The molecule has 0 amide bonds. The monoisotopic (exact) mass is 372 g/mol. The first-order valence-corrected chi connectivity index (χ1v) is 8.75. The lowest BCUT2D eigenvalue weighted by atomic mass is 10.2. The molecule has 142 valence electrons. The van der Waals surface area contributed by atoms with Gasteiger partial charge in [0.2, 0.25) is 5.95 Å². The summed E-state index contributed by atoms with van der Waals surface area (Å²) in [6.07, 6.45) is 1.48. The fraction of sp³-hybridized carbons (Fsp3) is 0.263. The molecule has 2 heterocycles. The topological polar surface area (TPSA) is 49.2 Å². The van der Waals surface area contributed by atoms with Crippen molar-refractivity contribution in [2.45, 2.75) is 0 Å². The number of halogens is 2. The lowest BCUT2D eigenvalue weighted by molar-refractivity contribution is 0.313. The summed E-state index contributed by atoms with van der Waals surface area (Å²) in [5.74, 6) is -0.355. The lowest BCUT2D eigenvalue weighted by Crippen LogP contribution is -2.44. The van der Waals surface area contributed by atoms with Crippen molar-refractivity contribution in [1.82, 2.24) is 19.7 Å². The van der Waals surface area contributed by atoms with Gasteiger partial charge in [-0.25, -0.2) is 13.5 Å². The Morgan fingerprint density at radius 2 is 1.74 bits per heavy atom. The van der Waals surface area contributed by atoms with Gasteiger partial charge in [0.25, 0.3) is 0 Å². The van der Waals surface area contributed by atoms with Gasteiger partial charge >= 0.3 is 0 Å². The van der Waals surface area contributed by atoms with Crippen molar-refractivity contribution in [1.29, 1.82) is 0 Å². The molecule has 1 N–H and O–H groups in total. The zero-order valence-corrected chi connectivity index (χ0v) is 14.9. The van der Waals surface area contributed by atoms with E-state index in [4.69, 9.17) is 0 Å². The van der Waals surface area contributed by atoms with Crippen LogP contribution in [0.4, 0.5) is 26.1 Å². The lowest BCUT2D eigenvalue weighted by Gasteiger charge is -2.34. The molecule has 3 aromatic rings. The minimum atomic E-state index is -0.348. The highest BCUT2D eigenvalue weighted by Gasteiger charge is 2.16. The Kier molecular flexibility index (Phi) is 4.72. The van der Waals surface area contributed by atoms with Gasteiger partial charge in [-0.05, 0) is 43.4 Å². The van der Waals surface area contributed by atoms with E-state index in [9.17, 15) is 8.78 Å². The Labute approximate surface area is 157 Å². The van der Waals surface area contributed by atoms with Crippen molar-refractivity contribution in [3.05, 3.63) is 60.4 Å². The summed E-state index contributed by atoms with van der Waals surface area (Å²) in [6, 6.07) is 10.9. The molecule has 6 nitrogen and oxygen atoms in total. The van der Waals surface area contributed by atoms with E-state index in [1.54, 1.807) is 12.1 Å². The number of nitrogens with zero attached hydrogens (tertiary/aromatic N) is 5. The molecule has 4 rings (SSSR count). The summed E-state index contributed by atoms with van der Waals surface area (Å²) in [4.78, 5) is 8.58. The molecular weight excluding hydrogens is 350 g/mol. The first-order valence-electron chi connectivity index (χ1n) is 8.75. The second kappa shape index (κ2) is 7.32. The van der Waals surface area contributed by atoms with Gasteiger partial charge in [-0.3, -0.25) is 0 Å². The van der Waals surface area contributed by atoms with Gasteiger partial charge in [0.15, 0.2) is 0 Å². The number of hydrogen-bond acceptors (Lipinski definition) is 5. The average molecular weight is 372 g/mol. The quantitative estimate of drug-likeness (QED) is 0.762. The summed E-state index contributed by atoms with van der Waals surface area (Å²) in [5, 5.41) is 7.31. The zero-order chi connectivity index (χ0) is 18.8. The molecule has 0 saturated carbocycles. The molecule has 1 fully saturated rings. The van der Waals surface area contributed by atoms with Crippen LogP contribution in [0.25, 0.3) is 5.69 Å². The summed E-state index contributed by atoms with van der Waals surface area (Å²) >= 11 is 0. The third-order valence-electron chi connectivity index (χ3n) is 4.57. The number of piperazine rings is 1. The molecule has 0 atom stereocenters. The van der Waals surface area contributed by atoms with Crippen molar-refractivity contribution in [2.24, 2.45) is 0 Å². The van der Waals surface area contributed by atoms with Crippen LogP contribution in [-0.2, 0) is 0 Å². The van der Waals surface area contributed by atoms with E-state index in [0.29, 0.717) is 17.3 Å². The molecule has 1 aromatic heterocycles. The minimum Gasteiger partial charge on any atom is -0.369 e. The van der Waals surface area contributed by atoms with Crippen LogP contribution >= 0.6 is 0 Å². The third kappa shape index (κ3) is 4.06. The Balaban J connectivity index is 0.00000225. The predicted octanol–water partition coefficient (Wildman–Crippen LogP) is 3.29. The van der Waals surface area contributed by atoms with Crippen LogP contribution in [0, 0.1) is 11.6 Å². The van der Waals surface area contributed by atoms with E-state index in [1.165, 1.54) is 35.3 Å². The van der Waals surface area contributed by atoms with Crippen molar-refractivity contribution in [3.63, 3.8) is 0 Å². The van der Waals surface area contributed by atoms with Crippen LogP contribution in [0.2, 0.25) is 0 Å². The smallest absolute Gasteiger partial charge is 0.246 e. The molecule has 8 heteroatoms. The van der Waals surface area contributed by atoms with E-state index in [2.05, 4.69) is 32.2 Å². The van der Waals surface area contributed by atoms with Gasteiger partial charge in [-0.15, -0.1) is 5.10 Å². The third-order valence-corrected chi connectivity index (χ3v) is 4.57. The van der Waals surface area contributed by atoms with Crippen molar-refractivity contribution in [3.8, 4) is 5.69 Å². The Bertz CT molecular complexity index is 940. The van der Waals surface area contributed by atoms with Crippen molar-refractivity contribution in [2.75, 3.05) is 43.4 Å². The molecule has 2 aromatic carbocycles. The molecule has 1 aliphatic heterocycles. The number of nitrogens with one attached hydrogen (secondary N) is 1. The Morgan fingerprint density at radius 1 is 0.963 bits per heavy atom. The van der Waals surface area contributed by atoms with E-state index >= 15 is 0 Å². The van der Waals surface area contributed by atoms with Gasteiger partial charge in [0, 0.05) is 39.0 Å². The summed E-state index contributed by atoms with van der Waals surface area (Å²) in [7, 11) is 2.08. The van der Waals surface area contributed by atoms with Gasteiger partial charge in [0.05, 0.1) is 5.69 Å². The van der Waals surface area contributed by atoms with E-state index in [1.807, 2.05) is 6.07 Å². The number of anilines is 3. The summed E-state index contributed by atoms with van der Waals surface area (Å²) < 4.78 is 28.9. The van der Waals surface area contributed by atoms with Crippen molar-refractivity contribution < 1.29 is 10.2 Å². The van der Waals surface area contributed by atoms with Gasteiger partial charge in [-0.2, -0.15) is 4.98 Å². The van der Waals surface area contributed by atoms with Gasteiger partial charge in [-0.1, -0.05) is 6.07 Å². The molecule has 1 aliphatic rings. The Morgan fingerprint density at radius 3 is 2.52 bits per heavy atom. The molecular formula is C19H22F2N6. The van der Waals surface area contributed by atoms with E-state index in [-0.39, 0.29) is 13.1 Å². The molecule has 0 radical (unpaired) electrons. The largest absolute Gasteiger partial charge is 0.369 e. The second-order valence-electron chi connectivity index (χ2n) is 6.61. The van der Waals surface area contributed by atoms with Crippen LogP contribution in [0.15, 0.2) is 48.8 Å². The summed E-state index contributed by atoms with van der Waals surface area (Å²) in [5.41, 5.74) is 1.96. The van der Waals surface area contributed by atoms with Crippen LogP contribution in [0.1, 0.15) is 1.43 Å². The van der Waals surface area contributed by atoms with Gasteiger partial charge in [0.1, 0.15) is 18.0 Å². The number of rotatable bonds is 4. The fourth-order valence-corrected chi connectivity index (χ4v) is 3.09. The SMILES string of the molecule is CN1CCN(c2cc(F)cc(Nc3ncn(-c4cccc(F)c4)n3)c2)CC1.[HH]. The normalized spacial score (nSPS) is 15.1. The first-order chi connectivity index (χ1) is 13.1. The maximum Gasteiger partial charge on any atom is 0.246 e. The number of hydrogen-bond donors (Lipinski definition) is 1. The maximum absolute atomic E-state index is 14.1. The number of benzene rings is 2. The molecule has 0 bridgehead atoms. The van der Waals surface area contributed by atoms with Gasteiger partial charge < -0.3 is 15.1 Å². The molecule has 1 saturated heterocycles. The highest BCUT2D eigenvalue weighted by atomic mass is 19.1. The highest BCUT2D eigenvalue weighted by molar-refractivity contribution is 5.62. The second-order valence-corrected chi connectivity index (χ2v) is 6.61. The highest BCUT2D eigenvalue weighted by Crippen LogP contribution is 2.24. The predicted molar refractivity (Wildman–Crippen MR) is 103 cm³/mol. The van der Waals surface area contributed by atoms with Crippen LogP contribution in [-0.4, -0.2) is 52.9 Å². The standard InChI is InChI=1S/C19H20F2N6.H2/c1-25-5-7-26(8-6-25)18-11-15(21)9-16(12-18)23-19-22-13-27(24-19)17-4-2-3-14(20)10-17;/h2-4,9-13H,5-8H2,1H3,(H,23,24);1H. The number of likely N-dealkylation sites (N-methyl/N-ethyl adjacent to an activating group) is 1. The first kappa shape index (κ1) is 17.4. The fourth-order valence-electron chi connectivity index (χ4n) is 3.09. The van der Waals surface area contributed by atoms with E-state index < -0.39 is 0 Å². The molecule has 27 heavy (non-hydrogen) atoms. The zero-order valence-electron chi connectivity index (χ0n) is 14.9. The molecule has 0 unspecified atom stereocenters. The average Bonchev–Trinajstić information content (AvgIpc) is 3.10.